The second-order valence-corrected chi connectivity index (χ2v) is 5.99. The zero-order valence-electron chi connectivity index (χ0n) is 14.4. The summed E-state index contributed by atoms with van der Waals surface area (Å²) in [6, 6.07) is -3.30. The first-order valence-corrected chi connectivity index (χ1v) is 8.70. The zero-order chi connectivity index (χ0) is 20.1. The smallest absolute Gasteiger partial charge is 0.326 e. The van der Waals surface area contributed by atoms with Crippen molar-refractivity contribution in [3.05, 3.63) is 0 Å². The van der Waals surface area contributed by atoms with Gasteiger partial charge in [-0.1, -0.05) is 0 Å². The number of unbranched alkanes of at least 4 members (excludes halogenated alkanes) is 1. The lowest BCUT2D eigenvalue weighted by Crippen LogP contribution is -2.52. The van der Waals surface area contributed by atoms with Gasteiger partial charge in [-0.15, -0.1) is 0 Å². The number of nitrogens with zero attached hydrogens (tertiary/aromatic N) is 1. The highest BCUT2D eigenvalue weighted by molar-refractivity contribution is 7.80. The number of rotatable bonds is 14. The van der Waals surface area contributed by atoms with Gasteiger partial charge in [0.05, 0.1) is 0 Å². The number of carboxylic acids is 2. The Bertz CT molecular complexity index is 516. The topological polar surface area (TPSA) is 171 Å². The molecule has 6 N–H and O–H groups in total. The summed E-state index contributed by atoms with van der Waals surface area (Å²) in [6.07, 6.45) is 1.15. The molecule has 0 aromatic rings. The molecule has 0 aliphatic rings. The lowest BCUT2D eigenvalue weighted by molar-refractivity contribution is -0.142. The van der Waals surface area contributed by atoms with E-state index >= 15 is 0 Å². The second-order valence-electron chi connectivity index (χ2n) is 5.63. The Balaban J connectivity index is 4.54. The van der Waals surface area contributed by atoms with Crippen LogP contribution in [0.25, 0.3) is 0 Å². The van der Waals surface area contributed by atoms with Crippen molar-refractivity contribution in [3.63, 3.8) is 0 Å². The number of carboxylic acid groups (broad SMARTS) is 2. The van der Waals surface area contributed by atoms with E-state index in [0.29, 0.717) is 19.4 Å². The van der Waals surface area contributed by atoms with E-state index < -0.39 is 41.9 Å². The number of hydrogen-bond donors (Lipinski definition) is 6. The number of nitrogens with one attached hydrogen (secondary N) is 2. The first kappa shape index (κ1) is 23.9. The van der Waals surface area contributed by atoms with Gasteiger partial charge in [-0.2, -0.15) is 12.6 Å². The Morgan fingerprint density at radius 3 is 2.19 bits per heavy atom. The predicted octanol–water partition coefficient (Wildman–Crippen LogP) is -0.967. The van der Waals surface area contributed by atoms with Crippen LogP contribution in [0.2, 0.25) is 0 Å². The lowest BCUT2D eigenvalue weighted by atomic mass is 10.1. The second kappa shape index (κ2) is 13.1. The van der Waals surface area contributed by atoms with Crippen molar-refractivity contribution < 1.29 is 29.4 Å². The highest BCUT2D eigenvalue weighted by atomic mass is 32.1. The molecule has 0 aliphatic heterocycles. The maximum absolute atomic E-state index is 12.2. The molecule has 26 heavy (non-hydrogen) atoms. The van der Waals surface area contributed by atoms with Crippen LogP contribution in [0.15, 0.2) is 4.99 Å². The number of thiol groups is 1. The minimum Gasteiger partial charge on any atom is -0.480 e. The number of nitrogens with two attached hydrogens (primary N) is 1. The molecule has 0 bridgehead atoms. The van der Waals surface area contributed by atoms with Gasteiger partial charge in [-0.25, -0.2) is 4.79 Å². The summed E-state index contributed by atoms with van der Waals surface area (Å²) in [7, 11) is 0. The van der Waals surface area contributed by atoms with Crippen molar-refractivity contribution in [1.82, 2.24) is 10.6 Å². The average Bonchev–Trinajstić information content (AvgIpc) is 2.59. The Hall–Kier alpha value is -2.14. The van der Waals surface area contributed by atoms with Gasteiger partial charge < -0.3 is 31.6 Å². The number of hydrogen-bond acceptors (Lipinski definition) is 7. The number of aliphatic imine (C=N–C) groups is 1. The van der Waals surface area contributed by atoms with Crippen LogP contribution in [0, 0.1) is 0 Å². The lowest BCUT2D eigenvalue weighted by Gasteiger charge is -2.20. The fourth-order valence-corrected chi connectivity index (χ4v) is 2.23. The first-order valence-electron chi connectivity index (χ1n) is 8.07. The summed E-state index contributed by atoms with van der Waals surface area (Å²) in [5, 5.41) is 22.6. The number of carbonyl (C=O) groups excluding carboxylic acids is 2. The molecule has 148 valence electrons. The van der Waals surface area contributed by atoms with Gasteiger partial charge in [0.2, 0.25) is 11.8 Å². The minimum absolute atomic E-state index is 0.0463. The largest absolute Gasteiger partial charge is 0.480 e. The van der Waals surface area contributed by atoms with Gasteiger partial charge in [0.25, 0.3) is 0 Å². The molecule has 0 fully saturated rings. The molecule has 0 saturated heterocycles. The van der Waals surface area contributed by atoms with Crippen LogP contribution in [0.4, 0.5) is 0 Å². The van der Waals surface area contributed by atoms with Crippen LogP contribution in [0.1, 0.15) is 32.1 Å². The highest BCUT2D eigenvalue weighted by Crippen LogP contribution is 2.03. The summed E-state index contributed by atoms with van der Waals surface area (Å²) in [6.45, 7) is 3.84. The molecular weight excluding hydrogens is 364 g/mol. The van der Waals surface area contributed by atoms with Crippen LogP contribution in [-0.4, -0.2) is 71.1 Å². The Kier molecular flexibility index (Phi) is 12.0. The van der Waals surface area contributed by atoms with E-state index in [1.165, 1.54) is 0 Å². The molecule has 3 unspecified atom stereocenters. The zero-order valence-corrected chi connectivity index (χ0v) is 15.3. The van der Waals surface area contributed by atoms with Crippen LogP contribution >= 0.6 is 12.6 Å². The summed E-state index contributed by atoms with van der Waals surface area (Å²) >= 11 is 3.98. The van der Waals surface area contributed by atoms with Crippen molar-refractivity contribution in [1.29, 1.82) is 0 Å². The van der Waals surface area contributed by atoms with Gasteiger partial charge in [0, 0.05) is 18.7 Å². The third-order valence-corrected chi connectivity index (χ3v) is 3.87. The maximum Gasteiger partial charge on any atom is 0.326 e. The van der Waals surface area contributed by atoms with Crippen molar-refractivity contribution in [3.8, 4) is 0 Å². The van der Waals surface area contributed by atoms with Gasteiger partial charge in [0.1, 0.15) is 18.1 Å². The number of aliphatic carboxylic acids is 2. The third-order valence-electron chi connectivity index (χ3n) is 3.51. The van der Waals surface area contributed by atoms with Crippen molar-refractivity contribution in [2.24, 2.45) is 10.7 Å². The Morgan fingerprint density at radius 2 is 1.69 bits per heavy atom. The molecule has 0 heterocycles. The standard InChI is InChI=1S/C15H26N4O6S/c1-17-7-3-2-4-10(15(24)25)19-13(21)11(8-26)18-12(20)6-5-9(16)14(22)23/h9-11,26H,1-8,16H2,(H,18,20)(H,19,21)(H,22,23)(H,24,25). The average molecular weight is 390 g/mol. The summed E-state index contributed by atoms with van der Waals surface area (Å²) < 4.78 is 0. The van der Waals surface area contributed by atoms with Crippen molar-refractivity contribution in [2.45, 2.75) is 50.2 Å². The van der Waals surface area contributed by atoms with E-state index in [9.17, 15) is 24.3 Å². The molecular formula is C15H26N4O6S. The van der Waals surface area contributed by atoms with E-state index in [0.717, 1.165) is 0 Å². The van der Waals surface area contributed by atoms with Crippen LogP contribution < -0.4 is 16.4 Å². The SMILES string of the molecule is C=NCCCCC(NC(=O)C(CS)NC(=O)CCC(N)C(=O)O)C(=O)O. The summed E-state index contributed by atoms with van der Waals surface area (Å²) in [5.74, 6) is -3.70. The monoisotopic (exact) mass is 390 g/mol. The van der Waals surface area contributed by atoms with E-state index in [1.54, 1.807) is 0 Å². The van der Waals surface area contributed by atoms with Crippen molar-refractivity contribution in [2.75, 3.05) is 12.3 Å². The van der Waals surface area contributed by atoms with Gasteiger partial charge >= 0.3 is 11.9 Å². The first-order chi connectivity index (χ1) is 12.2. The van der Waals surface area contributed by atoms with E-state index in [1.807, 2.05) is 0 Å². The van der Waals surface area contributed by atoms with E-state index in [4.69, 9.17) is 10.8 Å². The summed E-state index contributed by atoms with van der Waals surface area (Å²) in [5.41, 5.74) is 5.31. The van der Waals surface area contributed by atoms with E-state index in [-0.39, 0.29) is 25.0 Å². The fourth-order valence-electron chi connectivity index (χ4n) is 1.97. The molecule has 11 heteroatoms. The van der Waals surface area contributed by atoms with E-state index in [2.05, 4.69) is 35.0 Å². The molecule has 2 amide bonds. The molecule has 0 aromatic heterocycles. The van der Waals surface area contributed by atoms with Gasteiger partial charge in [0.15, 0.2) is 0 Å². The molecule has 10 nitrogen and oxygen atoms in total. The third kappa shape index (κ3) is 9.99. The number of carbonyl (C=O) groups is 4. The highest BCUT2D eigenvalue weighted by Gasteiger charge is 2.25. The predicted molar refractivity (Wildman–Crippen MR) is 98.5 cm³/mol. The van der Waals surface area contributed by atoms with Crippen LogP contribution in [-0.2, 0) is 19.2 Å². The Morgan fingerprint density at radius 1 is 1.04 bits per heavy atom. The fraction of sp³-hybridized carbons (Fsp3) is 0.667. The molecule has 0 spiro atoms. The molecule has 3 atom stereocenters. The quantitative estimate of drug-likeness (QED) is 0.126. The molecule has 0 aliphatic carbocycles. The Labute approximate surface area is 157 Å². The molecule has 0 saturated carbocycles. The number of amides is 2. The van der Waals surface area contributed by atoms with Crippen molar-refractivity contribution >= 4 is 43.1 Å². The van der Waals surface area contributed by atoms with Gasteiger partial charge in [-0.05, 0) is 32.4 Å². The summed E-state index contributed by atoms with van der Waals surface area (Å²) in [4.78, 5) is 49.5. The van der Waals surface area contributed by atoms with Crippen LogP contribution in [0.3, 0.4) is 0 Å². The maximum atomic E-state index is 12.2. The molecule has 0 radical (unpaired) electrons. The normalized spacial score (nSPS) is 13.9. The molecule has 0 rings (SSSR count). The minimum atomic E-state index is -1.22. The van der Waals surface area contributed by atoms with Crippen LogP contribution in [0.5, 0.6) is 0 Å². The molecule has 0 aromatic carbocycles. The van der Waals surface area contributed by atoms with Gasteiger partial charge in [-0.3, -0.25) is 14.4 Å².